The molecule has 6 heteroatoms. The normalized spacial score (nSPS) is 13.8. The molecule has 6 nitrogen and oxygen atoms in total. The van der Waals surface area contributed by atoms with Crippen LogP contribution in [0.1, 0.15) is 361 Å². The van der Waals surface area contributed by atoms with Gasteiger partial charge in [-0.15, -0.1) is 0 Å². The number of allylic oxidation sites excluding steroid dienone is 6. The second-order valence-electron chi connectivity index (χ2n) is 23.2. The van der Waals surface area contributed by atoms with Gasteiger partial charge in [0.1, 0.15) is 12.2 Å². The zero-order valence-corrected chi connectivity index (χ0v) is 49.9. The second-order valence-corrected chi connectivity index (χ2v) is 23.2. The molecule has 0 fully saturated rings. The van der Waals surface area contributed by atoms with Crippen LogP contribution in [0.3, 0.4) is 0 Å². The molecule has 0 radical (unpaired) electrons. The lowest BCUT2D eigenvalue weighted by Crippen LogP contribution is -2.53. The Labute approximate surface area is 462 Å². The Balaban J connectivity index is 3.58. The van der Waals surface area contributed by atoms with Crippen LogP contribution in [0.25, 0.3) is 0 Å². The van der Waals surface area contributed by atoms with Gasteiger partial charge in [-0.25, -0.2) is 0 Å². The predicted molar refractivity (Wildman–Crippen MR) is 325 cm³/mol. The highest BCUT2D eigenvalue weighted by Gasteiger charge is 2.28. The first-order valence-electron chi connectivity index (χ1n) is 33.4. The van der Waals surface area contributed by atoms with Gasteiger partial charge in [0.05, 0.1) is 18.8 Å². The van der Waals surface area contributed by atoms with Gasteiger partial charge in [-0.05, 0) is 70.6 Å². The van der Waals surface area contributed by atoms with Crippen LogP contribution < -0.4 is 5.32 Å². The second kappa shape index (κ2) is 62.4. The molecule has 0 aromatic heterocycles. The molecule has 5 N–H and O–H groups in total. The average molecular weight is 1040 g/mol. The van der Waals surface area contributed by atoms with Gasteiger partial charge >= 0.3 is 0 Å². The molecule has 0 aromatic rings. The van der Waals surface area contributed by atoms with Crippen molar-refractivity contribution in [2.24, 2.45) is 0 Å². The molecular weight excluding hydrogens is 911 g/mol. The van der Waals surface area contributed by atoms with E-state index >= 15 is 0 Å². The third-order valence-corrected chi connectivity index (χ3v) is 15.8. The van der Waals surface area contributed by atoms with E-state index in [1.165, 1.54) is 289 Å². The quantitative estimate of drug-likeness (QED) is 0.0308. The van der Waals surface area contributed by atoms with E-state index in [2.05, 4.69) is 55.6 Å². The van der Waals surface area contributed by atoms with Gasteiger partial charge in [0.2, 0.25) is 5.91 Å². The van der Waals surface area contributed by atoms with Gasteiger partial charge in [-0.2, -0.15) is 0 Å². The molecule has 438 valence electrons. The summed E-state index contributed by atoms with van der Waals surface area (Å²) in [5.74, 6) is -0.588. The van der Waals surface area contributed by atoms with E-state index in [4.69, 9.17) is 0 Å². The maximum Gasteiger partial charge on any atom is 0.249 e. The maximum atomic E-state index is 12.6. The fourth-order valence-corrected chi connectivity index (χ4v) is 10.6. The van der Waals surface area contributed by atoms with Crippen LogP contribution >= 0.6 is 0 Å². The molecule has 0 aliphatic heterocycles. The van der Waals surface area contributed by atoms with Crippen LogP contribution in [0.2, 0.25) is 0 Å². The van der Waals surface area contributed by atoms with Crippen LogP contribution in [-0.4, -0.2) is 57.3 Å². The van der Waals surface area contributed by atoms with Gasteiger partial charge in [-0.1, -0.05) is 326 Å². The Kier molecular flexibility index (Phi) is 61.1. The molecule has 4 unspecified atom stereocenters. The summed E-state index contributed by atoms with van der Waals surface area (Å²) in [5, 5.41) is 44.1. The van der Waals surface area contributed by atoms with Crippen molar-refractivity contribution in [1.82, 2.24) is 5.32 Å². The zero-order valence-electron chi connectivity index (χ0n) is 49.9. The van der Waals surface area contributed by atoms with Crippen molar-refractivity contribution in [2.75, 3.05) is 6.61 Å². The summed E-state index contributed by atoms with van der Waals surface area (Å²) in [4.78, 5) is 12.6. The highest BCUT2D eigenvalue weighted by molar-refractivity contribution is 5.80. The molecule has 0 aliphatic rings. The van der Waals surface area contributed by atoms with E-state index in [-0.39, 0.29) is 0 Å². The summed E-state index contributed by atoms with van der Waals surface area (Å²) in [7, 11) is 0. The average Bonchev–Trinajstić information content (AvgIpc) is 3.41. The smallest absolute Gasteiger partial charge is 0.249 e. The number of hydrogen-bond donors (Lipinski definition) is 5. The van der Waals surface area contributed by atoms with Gasteiger partial charge < -0.3 is 25.7 Å². The standard InChI is InChI=1S/C68H131NO5/c1-3-5-7-9-11-13-15-17-19-21-23-25-27-29-30-31-32-33-34-35-36-37-38-40-42-44-46-48-50-52-54-56-58-60-62-66(72)68(74)69-64(63-70)67(73)65(71)61-59-57-55-53-51-49-47-45-43-41-39-28-26-24-22-20-18-16-14-12-10-8-6-4-2/h27,29,31-32,53,55,64-67,70-73H,3-26,28,30,33-52,54,56-63H2,1-2H3,(H,69,74)/b29-27-,32-31-,55-53+. The predicted octanol–water partition coefficient (Wildman–Crippen LogP) is 20.3. The number of carbonyl (C=O) groups excluding carboxylic acids is 1. The first-order valence-corrected chi connectivity index (χ1v) is 33.4. The fraction of sp³-hybridized carbons (Fsp3) is 0.897. The van der Waals surface area contributed by atoms with E-state index in [1.807, 2.05) is 0 Å². The summed E-state index contributed by atoms with van der Waals surface area (Å²) in [6.07, 6.45) is 79.7. The molecule has 0 saturated carbocycles. The van der Waals surface area contributed by atoms with Crippen molar-refractivity contribution < 1.29 is 25.2 Å². The number of hydrogen-bond acceptors (Lipinski definition) is 5. The molecule has 0 aliphatic carbocycles. The summed E-state index contributed by atoms with van der Waals surface area (Å²) in [5.41, 5.74) is 0. The Morgan fingerprint density at radius 3 is 0.892 bits per heavy atom. The van der Waals surface area contributed by atoms with Crippen molar-refractivity contribution in [1.29, 1.82) is 0 Å². The van der Waals surface area contributed by atoms with Crippen LogP contribution in [0.15, 0.2) is 36.5 Å². The van der Waals surface area contributed by atoms with E-state index in [1.54, 1.807) is 0 Å². The van der Waals surface area contributed by atoms with Gasteiger partial charge in [0, 0.05) is 0 Å². The number of rotatable bonds is 62. The first-order chi connectivity index (χ1) is 36.5. The molecule has 0 bridgehead atoms. The van der Waals surface area contributed by atoms with Gasteiger partial charge in [0.15, 0.2) is 0 Å². The van der Waals surface area contributed by atoms with Crippen molar-refractivity contribution in [3.63, 3.8) is 0 Å². The third kappa shape index (κ3) is 55.3. The minimum Gasteiger partial charge on any atom is -0.394 e. The molecule has 0 spiro atoms. The van der Waals surface area contributed by atoms with Gasteiger partial charge in [-0.3, -0.25) is 4.79 Å². The van der Waals surface area contributed by atoms with Crippen LogP contribution in [0, 0.1) is 0 Å². The lowest BCUT2D eigenvalue weighted by Gasteiger charge is -2.27. The number of nitrogens with one attached hydrogen (secondary N) is 1. The van der Waals surface area contributed by atoms with Crippen molar-refractivity contribution in [2.45, 2.75) is 385 Å². The number of carbonyl (C=O) groups is 1. The summed E-state index contributed by atoms with van der Waals surface area (Å²) in [6.45, 7) is 4.09. The van der Waals surface area contributed by atoms with Crippen LogP contribution in [0.5, 0.6) is 0 Å². The summed E-state index contributed by atoms with van der Waals surface area (Å²) >= 11 is 0. The molecule has 0 rings (SSSR count). The first kappa shape index (κ1) is 72.5. The molecule has 0 aromatic carbocycles. The van der Waals surface area contributed by atoms with E-state index in [0.717, 1.165) is 44.9 Å². The minimum absolute atomic E-state index is 0.365. The molecule has 0 heterocycles. The largest absolute Gasteiger partial charge is 0.394 e. The lowest BCUT2D eigenvalue weighted by molar-refractivity contribution is -0.132. The van der Waals surface area contributed by atoms with Crippen molar-refractivity contribution >= 4 is 5.91 Å². The third-order valence-electron chi connectivity index (χ3n) is 15.8. The summed E-state index contributed by atoms with van der Waals surface area (Å²) < 4.78 is 0. The molecule has 74 heavy (non-hydrogen) atoms. The highest BCUT2D eigenvalue weighted by Crippen LogP contribution is 2.19. The van der Waals surface area contributed by atoms with Gasteiger partial charge in [0.25, 0.3) is 0 Å². The Morgan fingerprint density at radius 2 is 0.595 bits per heavy atom. The monoisotopic (exact) mass is 1040 g/mol. The molecule has 0 saturated heterocycles. The van der Waals surface area contributed by atoms with E-state index in [0.29, 0.717) is 12.8 Å². The van der Waals surface area contributed by atoms with Crippen molar-refractivity contribution in [3.8, 4) is 0 Å². The molecule has 4 atom stereocenters. The van der Waals surface area contributed by atoms with Crippen LogP contribution in [0.4, 0.5) is 0 Å². The fourth-order valence-electron chi connectivity index (χ4n) is 10.6. The SMILES string of the molecule is CCCCCCCCCCCCC/C=C\C/C=C\CCCCCCCCCCCCCCCCCCC(O)C(=O)NC(CO)C(O)C(O)CCC/C=C/CCCCCCCCCCCCCCCCCCCCC. The van der Waals surface area contributed by atoms with Crippen molar-refractivity contribution in [3.05, 3.63) is 36.5 Å². The topological polar surface area (TPSA) is 110 Å². The molecular formula is C68H131NO5. The number of unbranched alkanes of at least 4 members (excludes halogenated alkanes) is 47. The Hall–Kier alpha value is -1.47. The van der Waals surface area contributed by atoms with E-state index in [9.17, 15) is 25.2 Å². The highest BCUT2D eigenvalue weighted by atomic mass is 16.3. The Morgan fingerprint density at radius 1 is 0.338 bits per heavy atom. The minimum atomic E-state index is -1.28. The summed E-state index contributed by atoms with van der Waals surface area (Å²) in [6, 6.07) is -1.00. The lowest BCUT2D eigenvalue weighted by atomic mass is 10.00. The Bertz CT molecular complexity index is 1170. The van der Waals surface area contributed by atoms with E-state index < -0.39 is 36.9 Å². The number of amides is 1. The van der Waals surface area contributed by atoms with Crippen LogP contribution in [-0.2, 0) is 4.79 Å². The molecule has 1 amide bonds. The number of aliphatic hydroxyl groups is 4. The maximum absolute atomic E-state index is 12.6. The number of aliphatic hydroxyl groups excluding tert-OH is 4. The zero-order chi connectivity index (χ0) is 53.7.